The fourth-order valence-electron chi connectivity index (χ4n) is 2.77. The van der Waals surface area contributed by atoms with E-state index in [1.165, 1.54) is 12.1 Å². The average molecular weight is 478 g/mol. The van der Waals surface area contributed by atoms with Gasteiger partial charge < -0.3 is 5.32 Å². The summed E-state index contributed by atoms with van der Waals surface area (Å²) in [6, 6.07) is 9.21. The van der Waals surface area contributed by atoms with Gasteiger partial charge in [-0.25, -0.2) is 22.2 Å². The molecule has 2 aromatic carbocycles. The van der Waals surface area contributed by atoms with Crippen LogP contribution < -0.4 is 10.0 Å². The lowest BCUT2D eigenvalue weighted by molar-refractivity contribution is 0.0950. The molecule has 166 valence electrons. The molecule has 0 spiro atoms. The van der Waals surface area contributed by atoms with Crippen LogP contribution in [-0.4, -0.2) is 23.7 Å². The van der Waals surface area contributed by atoms with Crippen molar-refractivity contribution in [1.82, 2.24) is 14.7 Å². The molecule has 0 fully saturated rings. The number of benzene rings is 2. The Bertz CT molecular complexity index is 1300. The molecule has 3 aromatic rings. The molecule has 0 unspecified atom stereocenters. The topological polar surface area (TPSA) is 125 Å². The first-order valence-electron chi connectivity index (χ1n) is 9.11. The van der Waals surface area contributed by atoms with Crippen LogP contribution in [0.15, 0.2) is 47.6 Å². The maximum atomic E-state index is 14.4. The number of carbonyl (C=O) groups excluding carboxylic acids is 1. The van der Waals surface area contributed by atoms with Crippen LogP contribution in [0.4, 0.5) is 13.9 Å². The number of nitrogens with zero attached hydrogens (tertiary/aromatic N) is 3. The second-order valence-corrected chi connectivity index (χ2v) is 9.66. The molecule has 32 heavy (non-hydrogen) atoms. The van der Waals surface area contributed by atoms with Gasteiger partial charge in [0.25, 0.3) is 15.9 Å². The van der Waals surface area contributed by atoms with Crippen molar-refractivity contribution < 1.29 is 22.0 Å². The molecule has 2 N–H and O–H groups in total. The third kappa shape index (κ3) is 5.06. The van der Waals surface area contributed by atoms with Crippen molar-refractivity contribution in [1.29, 1.82) is 5.26 Å². The van der Waals surface area contributed by atoms with Crippen LogP contribution in [-0.2, 0) is 22.0 Å². The summed E-state index contributed by atoms with van der Waals surface area (Å²) < 4.78 is 59.1. The highest BCUT2D eigenvalue weighted by Gasteiger charge is 2.24. The van der Waals surface area contributed by atoms with Gasteiger partial charge in [0.1, 0.15) is 22.9 Å². The number of halogens is 2. The Kier molecular flexibility index (Phi) is 6.52. The molecule has 3 rings (SSSR count). The lowest BCUT2D eigenvalue weighted by Gasteiger charge is -2.17. The molecule has 1 aromatic heterocycles. The molecule has 1 heterocycles. The standard InChI is InChI=1S/C20H17F2N5O3S2/c1-20(2,10-23)14-5-3-12(7-15(14)21)9-24-18(28)13-4-6-17(16(22)8-13)32(29,30)27-19-25-11-26-31-19/h3-8,11H,9H2,1-2H3,(H,24,28)(H,25,26,27). The average Bonchev–Trinajstić information content (AvgIpc) is 3.23. The van der Waals surface area contributed by atoms with Gasteiger partial charge in [0.2, 0.25) is 5.13 Å². The predicted octanol–water partition coefficient (Wildman–Crippen LogP) is 3.35. The van der Waals surface area contributed by atoms with Gasteiger partial charge in [-0.15, -0.1) is 0 Å². The fraction of sp³-hybridized carbons (Fsp3) is 0.200. The molecule has 0 saturated carbocycles. The second kappa shape index (κ2) is 8.97. The summed E-state index contributed by atoms with van der Waals surface area (Å²) in [5.74, 6) is -2.37. The Morgan fingerprint density at radius 2 is 1.94 bits per heavy atom. The van der Waals surface area contributed by atoms with Crippen molar-refractivity contribution >= 4 is 32.6 Å². The lowest BCUT2D eigenvalue weighted by atomic mass is 9.85. The minimum Gasteiger partial charge on any atom is -0.348 e. The first-order chi connectivity index (χ1) is 15.0. The van der Waals surface area contributed by atoms with Gasteiger partial charge in [0, 0.05) is 29.2 Å². The van der Waals surface area contributed by atoms with Gasteiger partial charge in [0.15, 0.2) is 0 Å². The number of aromatic nitrogens is 2. The van der Waals surface area contributed by atoms with Gasteiger partial charge in [0.05, 0.1) is 11.5 Å². The number of nitriles is 1. The summed E-state index contributed by atoms with van der Waals surface area (Å²) in [5.41, 5.74) is -0.443. The third-order valence-corrected chi connectivity index (χ3v) is 6.59. The number of carbonyl (C=O) groups is 1. The van der Waals surface area contributed by atoms with Crippen LogP contribution in [0, 0.1) is 23.0 Å². The summed E-state index contributed by atoms with van der Waals surface area (Å²) in [6.07, 6.45) is 1.15. The van der Waals surface area contributed by atoms with Gasteiger partial charge >= 0.3 is 0 Å². The molecule has 0 radical (unpaired) electrons. The zero-order valence-electron chi connectivity index (χ0n) is 16.9. The first kappa shape index (κ1) is 23.2. The molecule has 12 heteroatoms. The first-order valence-corrected chi connectivity index (χ1v) is 11.4. The molecule has 8 nitrogen and oxygen atoms in total. The quantitative estimate of drug-likeness (QED) is 0.538. The smallest absolute Gasteiger partial charge is 0.266 e. The van der Waals surface area contributed by atoms with Gasteiger partial charge in [-0.3, -0.25) is 9.52 Å². The van der Waals surface area contributed by atoms with Crippen molar-refractivity contribution in [3.8, 4) is 6.07 Å². The van der Waals surface area contributed by atoms with Gasteiger partial charge in [-0.05, 0) is 43.7 Å². The largest absolute Gasteiger partial charge is 0.348 e. The Morgan fingerprint density at radius 3 is 2.53 bits per heavy atom. The number of hydrogen-bond donors (Lipinski definition) is 2. The summed E-state index contributed by atoms with van der Waals surface area (Å²) in [7, 11) is -4.25. The van der Waals surface area contributed by atoms with E-state index in [9.17, 15) is 22.0 Å². The predicted molar refractivity (Wildman–Crippen MR) is 113 cm³/mol. The Labute approximate surface area is 187 Å². The number of rotatable bonds is 7. The molecule has 0 aliphatic heterocycles. The summed E-state index contributed by atoms with van der Waals surface area (Å²) in [4.78, 5) is 15.4. The molecular weight excluding hydrogens is 460 g/mol. The number of hydrogen-bond acceptors (Lipinski definition) is 7. The van der Waals surface area contributed by atoms with E-state index in [4.69, 9.17) is 5.26 Å². The van der Waals surface area contributed by atoms with E-state index in [0.29, 0.717) is 5.56 Å². The van der Waals surface area contributed by atoms with Gasteiger partial charge in [-0.1, -0.05) is 12.1 Å². The maximum Gasteiger partial charge on any atom is 0.266 e. The number of amides is 1. The Hall–Kier alpha value is -3.43. The van der Waals surface area contributed by atoms with Crippen molar-refractivity contribution in [3.05, 3.63) is 71.1 Å². The molecule has 0 bridgehead atoms. The molecule has 0 aliphatic carbocycles. The summed E-state index contributed by atoms with van der Waals surface area (Å²) in [5, 5.41) is 11.6. The van der Waals surface area contributed by atoms with E-state index >= 15 is 0 Å². The minimum absolute atomic E-state index is 0.0253. The van der Waals surface area contributed by atoms with E-state index in [0.717, 1.165) is 36.1 Å². The summed E-state index contributed by atoms with van der Waals surface area (Å²) >= 11 is 0.787. The van der Waals surface area contributed by atoms with Crippen molar-refractivity contribution in [2.24, 2.45) is 0 Å². The summed E-state index contributed by atoms with van der Waals surface area (Å²) in [6.45, 7) is 3.13. The normalized spacial score (nSPS) is 11.6. The number of sulfonamides is 1. The van der Waals surface area contributed by atoms with Crippen molar-refractivity contribution in [2.75, 3.05) is 4.72 Å². The molecule has 1 amide bonds. The minimum atomic E-state index is -4.25. The fourth-order valence-corrected chi connectivity index (χ4v) is 4.49. The molecule has 0 saturated heterocycles. The van der Waals surface area contributed by atoms with Crippen molar-refractivity contribution in [3.63, 3.8) is 0 Å². The van der Waals surface area contributed by atoms with E-state index in [1.807, 2.05) is 6.07 Å². The van der Waals surface area contributed by atoms with Crippen LogP contribution in [0.1, 0.15) is 35.3 Å². The van der Waals surface area contributed by atoms with E-state index in [1.54, 1.807) is 19.9 Å². The van der Waals surface area contributed by atoms with Crippen LogP contribution in [0.25, 0.3) is 0 Å². The van der Waals surface area contributed by atoms with Crippen LogP contribution in [0.3, 0.4) is 0 Å². The molecule has 0 atom stereocenters. The highest BCUT2D eigenvalue weighted by molar-refractivity contribution is 7.93. The van der Waals surface area contributed by atoms with Crippen LogP contribution >= 0.6 is 11.5 Å². The Balaban J connectivity index is 1.71. The number of anilines is 1. The van der Waals surface area contributed by atoms with E-state index in [2.05, 4.69) is 19.4 Å². The molecule has 0 aliphatic rings. The van der Waals surface area contributed by atoms with E-state index < -0.39 is 37.9 Å². The van der Waals surface area contributed by atoms with Crippen LogP contribution in [0.5, 0.6) is 0 Å². The lowest BCUT2D eigenvalue weighted by Crippen LogP contribution is -2.24. The monoisotopic (exact) mass is 477 g/mol. The second-order valence-electron chi connectivity index (χ2n) is 7.23. The molecular formula is C20H17F2N5O3S2. The highest BCUT2D eigenvalue weighted by atomic mass is 32.2. The SMILES string of the molecule is CC(C)(C#N)c1ccc(CNC(=O)c2ccc(S(=O)(=O)Nc3ncns3)c(F)c2)cc1F. The zero-order chi connectivity index (χ0) is 23.5. The highest BCUT2D eigenvalue weighted by Crippen LogP contribution is 2.26. The van der Waals surface area contributed by atoms with Crippen molar-refractivity contribution in [2.45, 2.75) is 30.7 Å². The maximum absolute atomic E-state index is 14.4. The van der Waals surface area contributed by atoms with Crippen LogP contribution in [0.2, 0.25) is 0 Å². The Morgan fingerprint density at radius 1 is 1.19 bits per heavy atom. The number of nitrogens with one attached hydrogen (secondary N) is 2. The van der Waals surface area contributed by atoms with Gasteiger partial charge in [-0.2, -0.15) is 9.64 Å². The zero-order valence-corrected chi connectivity index (χ0v) is 18.5. The van der Waals surface area contributed by atoms with E-state index in [-0.39, 0.29) is 22.8 Å². The third-order valence-electron chi connectivity index (χ3n) is 4.51.